The van der Waals surface area contributed by atoms with Crippen molar-refractivity contribution in [2.45, 2.75) is 57.9 Å². The monoisotopic (exact) mass is 502 g/mol. The molecule has 3 heterocycles. The van der Waals surface area contributed by atoms with E-state index in [1.165, 1.54) is 50.8 Å². The summed E-state index contributed by atoms with van der Waals surface area (Å²) < 4.78 is 1.90. The minimum Gasteiger partial charge on any atom is -0.355 e. The van der Waals surface area contributed by atoms with Crippen LogP contribution in [0.5, 0.6) is 0 Å². The highest BCUT2D eigenvalue weighted by molar-refractivity contribution is 14.0. The number of aliphatic imine (C=N–C) groups is 1. The van der Waals surface area contributed by atoms with Crippen molar-refractivity contribution in [3.63, 3.8) is 0 Å². The van der Waals surface area contributed by atoms with Gasteiger partial charge < -0.3 is 10.2 Å². The minimum absolute atomic E-state index is 0. The first kappa shape index (κ1) is 23.4. The van der Waals surface area contributed by atoms with E-state index in [2.05, 4.69) is 45.3 Å². The van der Waals surface area contributed by atoms with Crippen LogP contribution in [0, 0.1) is 5.92 Å². The summed E-state index contributed by atoms with van der Waals surface area (Å²) in [4.78, 5) is 9.71. The second-order valence-corrected chi connectivity index (χ2v) is 8.57. The molecule has 2 unspecified atom stereocenters. The SMILES string of the molecule is CN=C(NCC(C(C)C)N1CCCCCC1)N1CCC(c2cnn(C)c2)C1.I. The smallest absolute Gasteiger partial charge is 0.193 e. The largest absolute Gasteiger partial charge is 0.355 e. The number of aromatic nitrogens is 2. The molecule has 0 aliphatic carbocycles. The molecule has 0 aromatic carbocycles. The summed E-state index contributed by atoms with van der Waals surface area (Å²) in [5, 5.41) is 8.04. The Morgan fingerprint density at radius 1 is 1.21 bits per heavy atom. The van der Waals surface area contributed by atoms with Gasteiger partial charge in [0.2, 0.25) is 0 Å². The van der Waals surface area contributed by atoms with Gasteiger partial charge in [-0.15, -0.1) is 24.0 Å². The summed E-state index contributed by atoms with van der Waals surface area (Å²) in [5.74, 6) is 2.26. The normalized spacial score (nSPS) is 22.8. The fourth-order valence-electron chi connectivity index (χ4n) is 4.62. The number of likely N-dealkylation sites (tertiary alicyclic amines) is 2. The number of nitrogens with zero attached hydrogens (tertiary/aromatic N) is 5. The predicted octanol–water partition coefficient (Wildman–Crippen LogP) is 3.30. The molecule has 1 aromatic heterocycles. The van der Waals surface area contributed by atoms with Crippen LogP contribution < -0.4 is 5.32 Å². The molecule has 2 atom stereocenters. The van der Waals surface area contributed by atoms with Gasteiger partial charge in [0.15, 0.2) is 5.96 Å². The first-order chi connectivity index (χ1) is 13.1. The summed E-state index contributed by atoms with van der Waals surface area (Å²) >= 11 is 0. The lowest BCUT2D eigenvalue weighted by atomic mass is 10.0. The molecule has 2 aliphatic heterocycles. The Hall–Kier alpha value is -0.830. The third-order valence-electron chi connectivity index (χ3n) is 6.24. The number of halogens is 1. The van der Waals surface area contributed by atoms with Crippen LogP contribution in [-0.2, 0) is 7.05 Å². The highest BCUT2D eigenvalue weighted by Crippen LogP contribution is 2.26. The van der Waals surface area contributed by atoms with Crippen molar-refractivity contribution in [3.8, 4) is 0 Å². The molecule has 0 radical (unpaired) electrons. The van der Waals surface area contributed by atoms with E-state index in [0.717, 1.165) is 25.6 Å². The lowest BCUT2D eigenvalue weighted by Crippen LogP contribution is -2.50. The third-order valence-corrected chi connectivity index (χ3v) is 6.24. The molecule has 0 bridgehead atoms. The molecule has 6 nitrogen and oxygen atoms in total. The fourth-order valence-corrected chi connectivity index (χ4v) is 4.62. The molecule has 2 fully saturated rings. The first-order valence-electron chi connectivity index (χ1n) is 10.8. The van der Waals surface area contributed by atoms with Crippen LogP contribution in [0.1, 0.15) is 57.4 Å². The van der Waals surface area contributed by atoms with E-state index in [4.69, 9.17) is 0 Å². The molecule has 0 spiro atoms. The Balaban J connectivity index is 0.00000280. The average Bonchev–Trinajstić information content (AvgIpc) is 3.21. The summed E-state index contributed by atoms with van der Waals surface area (Å²) in [6.07, 6.45) is 10.8. The number of nitrogens with one attached hydrogen (secondary N) is 1. The van der Waals surface area contributed by atoms with E-state index in [-0.39, 0.29) is 24.0 Å². The zero-order valence-electron chi connectivity index (χ0n) is 18.1. The minimum atomic E-state index is 0. The Bertz CT molecular complexity index is 606. The molecule has 1 N–H and O–H groups in total. The molecule has 2 saturated heterocycles. The van der Waals surface area contributed by atoms with Gasteiger partial charge in [0, 0.05) is 51.9 Å². The molecule has 0 amide bonds. The fraction of sp³-hybridized carbons (Fsp3) is 0.810. The van der Waals surface area contributed by atoms with E-state index < -0.39 is 0 Å². The Morgan fingerprint density at radius 3 is 2.50 bits per heavy atom. The van der Waals surface area contributed by atoms with Gasteiger partial charge in [-0.3, -0.25) is 14.6 Å². The maximum absolute atomic E-state index is 4.59. The van der Waals surface area contributed by atoms with Crippen molar-refractivity contribution in [2.24, 2.45) is 18.0 Å². The van der Waals surface area contributed by atoms with Crippen LogP contribution in [0.2, 0.25) is 0 Å². The summed E-state index contributed by atoms with van der Waals surface area (Å²) in [7, 11) is 3.90. The average molecular weight is 502 g/mol. The van der Waals surface area contributed by atoms with Crippen molar-refractivity contribution in [1.29, 1.82) is 0 Å². The highest BCUT2D eigenvalue weighted by Gasteiger charge is 2.28. The standard InChI is InChI=1S/C21H38N6.HI/c1-17(2)20(26-10-7-5-6-8-11-26)14-23-21(22-3)27-12-9-18(16-27)19-13-24-25(4)15-19;/h13,15,17-18,20H,5-12,14,16H2,1-4H3,(H,22,23);1H. The molecule has 28 heavy (non-hydrogen) atoms. The molecule has 160 valence electrons. The number of aryl methyl sites for hydroxylation is 1. The predicted molar refractivity (Wildman–Crippen MR) is 128 cm³/mol. The quantitative estimate of drug-likeness (QED) is 0.382. The topological polar surface area (TPSA) is 48.7 Å². The Labute approximate surface area is 188 Å². The summed E-state index contributed by atoms with van der Waals surface area (Å²) in [6, 6.07) is 0.580. The van der Waals surface area contributed by atoms with E-state index in [1.807, 2.05) is 25.0 Å². The maximum atomic E-state index is 4.59. The zero-order chi connectivity index (χ0) is 19.2. The van der Waals surface area contributed by atoms with Crippen LogP contribution in [-0.4, -0.2) is 71.4 Å². The summed E-state index contributed by atoms with van der Waals surface area (Å²) in [6.45, 7) is 10.3. The molecule has 1 aromatic rings. The van der Waals surface area contributed by atoms with Gasteiger partial charge in [-0.2, -0.15) is 5.10 Å². The first-order valence-corrected chi connectivity index (χ1v) is 10.8. The van der Waals surface area contributed by atoms with Crippen molar-refractivity contribution in [1.82, 2.24) is 24.9 Å². The lowest BCUT2D eigenvalue weighted by molar-refractivity contribution is 0.160. The number of hydrogen-bond donors (Lipinski definition) is 1. The van der Waals surface area contributed by atoms with E-state index >= 15 is 0 Å². The second-order valence-electron chi connectivity index (χ2n) is 8.57. The van der Waals surface area contributed by atoms with Gasteiger partial charge in [-0.25, -0.2) is 0 Å². The maximum Gasteiger partial charge on any atom is 0.193 e. The van der Waals surface area contributed by atoms with Crippen LogP contribution in [0.4, 0.5) is 0 Å². The van der Waals surface area contributed by atoms with Crippen LogP contribution >= 0.6 is 24.0 Å². The number of guanidine groups is 1. The van der Waals surface area contributed by atoms with Gasteiger partial charge in [0.05, 0.1) is 6.20 Å². The second kappa shape index (κ2) is 11.4. The zero-order valence-corrected chi connectivity index (χ0v) is 20.4. The summed E-state index contributed by atoms with van der Waals surface area (Å²) in [5.41, 5.74) is 1.35. The van der Waals surface area contributed by atoms with Crippen LogP contribution in [0.25, 0.3) is 0 Å². The molecule has 7 heteroatoms. The van der Waals surface area contributed by atoms with Crippen molar-refractivity contribution < 1.29 is 0 Å². The van der Waals surface area contributed by atoms with Gasteiger partial charge >= 0.3 is 0 Å². The molecule has 3 rings (SSSR count). The van der Waals surface area contributed by atoms with Gasteiger partial charge in [-0.1, -0.05) is 26.7 Å². The molecular weight excluding hydrogens is 463 g/mol. The number of rotatable bonds is 5. The Morgan fingerprint density at radius 2 is 1.93 bits per heavy atom. The molecule has 2 aliphatic rings. The van der Waals surface area contributed by atoms with E-state index in [9.17, 15) is 0 Å². The van der Waals surface area contributed by atoms with Crippen molar-refractivity contribution >= 4 is 29.9 Å². The molecular formula is C21H39IN6. The van der Waals surface area contributed by atoms with Crippen molar-refractivity contribution in [2.75, 3.05) is 39.8 Å². The van der Waals surface area contributed by atoms with Crippen molar-refractivity contribution in [3.05, 3.63) is 18.0 Å². The van der Waals surface area contributed by atoms with Crippen LogP contribution in [0.3, 0.4) is 0 Å². The van der Waals surface area contributed by atoms with Crippen LogP contribution in [0.15, 0.2) is 17.4 Å². The van der Waals surface area contributed by atoms with Gasteiger partial charge in [-0.05, 0) is 43.8 Å². The Kier molecular flexibility index (Phi) is 9.53. The lowest BCUT2D eigenvalue weighted by Gasteiger charge is -2.35. The molecule has 0 saturated carbocycles. The van der Waals surface area contributed by atoms with Gasteiger partial charge in [0.25, 0.3) is 0 Å². The third kappa shape index (κ3) is 6.08. The van der Waals surface area contributed by atoms with E-state index in [1.54, 1.807) is 0 Å². The van der Waals surface area contributed by atoms with Gasteiger partial charge in [0.1, 0.15) is 0 Å². The number of hydrogen-bond acceptors (Lipinski definition) is 3. The highest BCUT2D eigenvalue weighted by atomic mass is 127. The van der Waals surface area contributed by atoms with E-state index in [0.29, 0.717) is 17.9 Å².